The first-order valence-corrected chi connectivity index (χ1v) is 6.57. The van der Waals surface area contributed by atoms with Crippen molar-refractivity contribution in [3.8, 4) is 0 Å². The summed E-state index contributed by atoms with van der Waals surface area (Å²) in [6, 6.07) is 0. The molecule has 1 rings (SSSR count). The van der Waals surface area contributed by atoms with Crippen molar-refractivity contribution in [2.45, 2.75) is 64.3 Å². The van der Waals surface area contributed by atoms with Gasteiger partial charge in [0.2, 0.25) is 5.91 Å². The highest BCUT2D eigenvalue weighted by Crippen LogP contribution is 2.27. The van der Waals surface area contributed by atoms with Crippen molar-refractivity contribution >= 4 is 11.9 Å². The molecule has 0 heterocycles. The van der Waals surface area contributed by atoms with Crippen LogP contribution in [0.4, 0.5) is 0 Å². The second-order valence-corrected chi connectivity index (χ2v) is 5.03. The predicted molar refractivity (Wildman–Crippen MR) is 65.7 cm³/mol. The van der Waals surface area contributed by atoms with Crippen LogP contribution in [0.15, 0.2) is 0 Å². The Balaban J connectivity index is 2.64. The maximum atomic E-state index is 12.1. The van der Waals surface area contributed by atoms with Crippen LogP contribution in [0.1, 0.15) is 58.8 Å². The van der Waals surface area contributed by atoms with Crippen LogP contribution in [0, 0.1) is 5.92 Å². The van der Waals surface area contributed by atoms with Crippen LogP contribution < -0.4 is 5.32 Å². The van der Waals surface area contributed by atoms with Gasteiger partial charge >= 0.3 is 5.97 Å². The molecule has 1 saturated carbocycles. The summed E-state index contributed by atoms with van der Waals surface area (Å²) in [7, 11) is 0. The fourth-order valence-corrected chi connectivity index (χ4v) is 2.56. The molecule has 0 bridgehead atoms. The minimum atomic E-state index is -0.847. The molecule has 17 heavy (non-hydrogen) atoms. The first-order chi connectivity index (χ1) is 8.03. The molecular weight excluding hydrogens is 218 g/mol. The summed E-state index contributed by atoms with van der Waals surface area (Å²) in [6.07, 6.45) is 5.45. The summed E-state index contributed by atoms with van der Waals surface area (Å²) in [5.74, 6) is -0.700. The van der Waals surface area contributed by atoms with Crippen molar-refractivity contribution in [2.24, 2.45) is 5.92 Å². The van der Waals surface area contributed by atoms with Crippen LogP contribution in [0.25, 0.3) is 0 Å². The summed E-state index contributed by atoms with van der Waals surface area (Å²) < 4.78 is 0. The summed E-state index contributed by atoms with van der Waals surface area (Å²) in [5, 5.41) is 11.9. The standard InChI is InChI=1S/C13H23NO3/c1-3-13(4-2,9-11(15)16)14-12(17)10-7-5-6-8-10/h10H,3-9H2,1-2H3,(H,14,17)(H,15,16). The number of hydrogen-bond acceptors (Lipinski definition) is 2. The van der Waals surface area contributed by atoms with Crippen molar-refractivity contribution in [3.63, 3.8) is 0 Å². The van der Waals surface area contributed by atoms with Crippen LogP contribution in [-0.2, 0) is 9.59 Å². The van der Waals surface area contributed by atoms with Gasteiger partial charge in [0.05, 0.1) is 6.42 Å². The second kappa shape index (κ2) is 6.03. The molecule has 0 aliphatic heterocycles. The van der Waals surface area contributed by atoms with Gasteiger partial charge in [0.1, 0.15) is 0 Å². The summed E-state index contributed by atoms with van der Waals surface area (Å²) >= 11 is 0. The van der Waals surface area contributed by atoms with E-state index in [4.69, 9.17) is 5.11 Å². The van der Waals surface area contributed by atoms with E-state index in [9.17, 15) is 9.59 Å². The number of carboxylic acids is 1. The molecule has 0 atom stereocenters. The lowest BCUT2D eigenvalue weighted by Gasteiger charge is -2.32. The van der Waals surface area contributed by atoms with E-state index in [1.807, 2.05) is 13.8 Å². The van der Waals surface area contributed by atoms with E-state index in [0.29, 0.717) is 12.8 Å². The number of hydrogen-bond donors (Lipinski definition) is 2. The fourth-order valence-electron chi connectivity index (χ4n) is 2.56. The molecule has 0 radical (unpaired) electrons. The van der Waals surface area contributed by atoms with Gasteiger partial charge < -0.3 is 10.4 Å². The predicted octanol–water partition coefficient (Wildman–Crippen LogP) is 2.33. The molecule has 4 nitrogen and oxygen atoms in total. The van der Waals surface area contributed by atoms with Gasteiger partial charge in [-0.1, -0.05) is 26.7 Å². The second-order valence-electron chi connectivity index (χ2n) is 5.03. The minimum absolute atomic E-state index is 0.0124. The Morgan fingerprint density at radius 1 is 1.24 bits per heavy atom. The number of carboxylic acid groups (broad SMARTS) is 1. The van der Waals surface area contributed by atoms with Crippen molar-refractivity contribution in [1.82, 2.24) is 5.32 Å². The van der Waals surface area contributed by atoms with Crippen molar-refractivity contribution < 1.29 is 14.7 Å². The highest BCUT2D eigenvalue weighted by atomic mass is 16.4. The number of nitrogens with one attached hydrogen (secondary N) is 1. The van der Waals surface area contributed by atoms with Crippen LogP contribution >= 0.6 is 0 Å². The van der Waals surface area contributed by atoms with Crippen LogP contribution in [0.5, 0.6) is 0 Å². The zero-order chi connectivity index (χ0) is 12.9. The zero-order valence-corrected chi connectivity index (χ0v) is 10.8. The van der Waals surface area contributed by atoms with E-state index in [0.717, 1.165) is 25.7 Å². The largest absolute Gasteiger partial charge is 0.481 e. The van der Waals surface area contributed by atoms with E-state index >= 15 is 0 Å². The Morgan fingerprint density at radius 2 is 1.76 bits per heavy atom. The smallest absolute Gasteiger partial charge is 0.305 e. The molecule has 1 fully saturated rings. The molecule has 0 unspecified atom stereocenters. The van der Waals surface area contributed by atoms with Crippen LogP contribution in [0.2, 0.25) is 0 Å². The highest BCUT2D eigenvalue weighted by molar-refractivity contribution is 5.80. The molecule has 4 heteroatoms. The Bertz CT molecular complexity index is 278. The first-order valence-electron chi connectivity index (χ1n) is 6.57. The molecular formula is C13H23NO3. The lowest BCUT2D eigenvalue weighted by atomic mass is 9.88. The third kappa shape index (κ3) is 3.72. The Kier molecular flexibility index (Phi) is 4.97. The van der Waals surface area contributed by atoms with Gasteiger partial charge in [0.25, 0.3) is 0 Å². The molecule has 98 valence electrons. The Morgan fingerprint density at radius 3 is 2.18 bits per heavy atom. The van der Waals surface area contributed by atoms with Gasteiger partial charge in [-0.15, -0.1) is 0 Å². The molecule has 2 N–H and O–H groups in total. The van der Waals surface area contributed by atoms with Gasteiger partial charge in [0.15, 0.2) is 0 Å². The zero-order valence-electron chi connectivity index (χ0n) is 10.8. The first kappa shape index (κ1) is 14.0. The molecule has 0 aromatic rings. The maximum Gasteiger partial charge on any atom is 0.305 e. The van der Waals surface area contributed by atoms with E-state index < -0.39 is 11.5 Å². The lowest BCUT2D eigenvalue weighted by Crippen LogP contribution is -2.50. The number of carbonyl (C=O) groups excluding carboxylic acids is 1. The molecule has 1 aliphatic carbocycles. The van der Waals surface area contributed by atoms with Crippen molar-refractivity contribution in [3.05, 3.63) is 0 Å². The molecule has 0 aromatic carbocycles. The minimum Gasteiger partial charge on any atom is -0.481 e. The third-order valence-electron chi connectivity index (χ3n) is 3.96. The number of rotatable bonds is 6. The van der Waals surface area contributed by atoms with Gasteiger partial charge in [-0.25, -0.2) is 0 Å². The highest BCUT2D eigenvalue weighted by Gasteiger charge is 2.33. The normalized spacial score (nSPS) is 17.1. The molecule has 0 spiro atoms. The van der Waals surface area contributed by atoms with Gasteiger partial charge in [-0.3, -0.25) is 9.59 Å². The monoisotopic (exact) mass is 241 g/mol. The average molecular weight is 241 g/mol. The molecule has 0 aromatic heterocycles. The SMILES string of the molecule is CCC(CC)(CC(=O)O)NC(=O)C1CCCC1. The molecule has 1 amide bonds. The van der Waals surface area contributed by atoms with Gasteiger partial charge in [-0.2, -0.15) is 0 Å². The van der Waals surface area contributed by atoms with Gasteiger partial charge in [0, 0.05) is 11.5 Å². The van der Waals surface area contributed by atoms with E-state index in [1.54, 1.807) is 0 Å². The van der Waals surface area contributed by atoms with Crippen molar-refractivity contribution in [1.29, 1.82) is 0 Å². The van der Waals surface area contributed by atoms with E-state index in [2.05, 4.69) is 5.32 Å². The molecule has 0 saturated heterocycles. The number of carbonyl (C=O) groups is 2. The van der Waals surface area contributed by atoms with Crippen LogP contribution in [0.3, 0.4) is 0 Å². The van der Waals surface area contributed by atoms with Crippen LogP contribution in [-0.4, -0.2) is 22.5 Å². The Labute approximate surface area is 103 Å². The molecule has 1 aliphatic rings. The van der Waals surface area contributed by atoms with Gasteiger partial charge in [-0.05, 0) is 25.7 Å². The Hall–Kier alpha value is -1.06. The van der Waals surface area contributed by atoms with E-state index in [1.165, 1.54) is 0 Å². The number of amides is 1. The quantitative estimate of drug-likeness (QED) is 0.750. The lowest BCUT2D eigenvalue weighted by molar-refractivity contribution is -0.139. The summed E-state index contributed by atoms with van der Waals surface area (Å²) in [5.41, 5.74) is -0.564. The maximum absolute atomic E-state index is 12.1. The number of aliphatic carboxylic acids is 1. The average Bonchev–Trinajstić information content (AvgIpc) is 2.80. The topological polar surface area (TPSA) is 66.4 Å². The fraction of sp³-hybridized carbons (Fsp3) is 0.846. The summed E-state index contributed by atoms with van der Waals surface area (Å²) in [4.78, 5) is 22.9. The van der Waals surface area contributed by atoms with Crippen molar-refractivity contribution in [2.75, 3.05) is 0 Å². The summed E-state index contributed by atoms with van der Waals surface area (Å²) in [6.45, 7) is 3.86. The third-order valence-corrected chi connectivity index (χ3v) is 3.96. The van der Waals surface area contributed by atoms with E-state index in [-0.39, 0.29) is 18.2 Å².